The van der Waals surface area contributed by atoms with E-state index in [2.05, 4.69) is 59.4 Å². The maximum Gasteiger partial charge on any atom is 0.0914 e. The molecular formula is C18H22BrNO. The molecule has 3 heteroatoms. The van der Waals surface area contributed by atoms with E-state index in [1.165, 1.54) is 11.1 Å². The summed E-state index contributed by atoms with van der Waals surface area (Å²) in [6.07, 6.45) is -0.474. The Kier molecular flexibility index (Phi) is 5.97. The number of hydrogen-bond acceptors (Lipinski definition) is 2. The van der Waals surface area contributed by atoms with Crippen molar-refractivity contribution < 1.29 is 5.11 Å². The summed E-state index contributed by atoms with van der Waals surface area (Å²) in [6, 6.07) is 16.4. The van der Waals surface area contributed by atoms with Gasteiger partial charge in [-0.1, -0.05) is 66.2 Å². The van der Waals surface area contributed by atoms with Crippen molar-refractivity contribution in [1.29, 1.82) is 0 Å². The molecule has 0 aliphatic carbocycles. The number of rotatable bonds is 6. The highest BCUT2D eigenvalue weighted by Gasteiger charge is 2.07. The Morgan fingerprint density at radius 3 is 2.33 bits per heavy atom. The predicted octanol–water partition coefficient (Wildman–Crippen LogP) is 4.40. The number of aliphatic hydroxyl groups excluding tert-OH is 1. The van der Waals surface area contributed by atoms with E-state index in [1.807, 2.05) is 24.3 Å². The van der Waals surface area contributed by atoms with Crippen molar-refractivity contribution >= 4 is 15.9 Å². The van der Waals surface area contributed by atoms with E-state index in [-0.39, 0.29) is 0 Å². The van der Waals surface area contributed by atoms with Crippen LogP contribution in [0.25, 0.3) is 0 Å². The van der Waals surface area contributed by atoms with Crippen LogP contribution in [0.1, 0.15) is 42.6 Å². The molecule has 0 saturated heterocycles. The van der Waals surface area contributed by atoms with E-state index in [0.29, 0.717) is 12.5 Å². The minimum Gasteiger partial charge on any atom is -0.387 e. The Labute approximate surface area is 135 Å². The van der Waals surface area contributed by atoms with Crippen LogP contribution in [0.15, 0.2) is 53.0 Å². The molecule has 2 aromatic rings. The summed E-state index contributed by atoms with van der Waals surface area (Å²) < 4.78 is 1.08. The molecule has 2 nitrogen and oxygen atoms in total. The summed E-state index contributed by atoms with van der Waals surface area (Å²) in [5.41, 5.74) is 3.46. The van der Waals surface area contributed by atoms with Crippen molar-refractivity contribution in [3.8, 4) is 0 Å². The smallest absolute Gasteiger partial charge is 0.0914 e. The second-order valence-corrected chi connectivity index (χ2v) is 6.51. The van der Waals surface area contributed by atoms with Gasteiger partial charge in [-0.15, -0.1) is 0 Å². The van der Waals surface area contributed by atoms with Gasteiger partial charge in [0.2, 0.25) is 0 Å². The molecule has 1 unspecified atom stereocenters. The number of benzene rings is 2. The SMILES string of the molecule is CC(C)c1ccc(C(O)CNCc2cccc(Br)c2)cc1. The van der Waals surface area contributed by atoms with Crippen LogP contribution in [-0.4, -0.2) is 11.7 Å². The number of aliphatic hydroxyl groups is 1. The first-order valence-corrected chi connectivity index (χ1v) is 8.08. The molecule has 0 radical (unpaired) electrons. The molecule has 1 atom stereocenters. The van der Waals surface area contributed by atoms with Crippen LogP contribution in [-0.2, 0) is 6.54 Å². The highest BCUT2D eigenvalue weighted by atomic mass is 79.9. The summed E-state index contributed by atoms with van der Waals surface area (Å²) in [5, 5.41) is 13.5. The highest BCUT2D eigenvalue weighted by molar-refractivity contribution is 9.10. The van der Waals surface area contributed by atoms with Gasteiger partial charge >= 0.3 is 0 Å². The van der Waals surface area contributed by atoms with E-state index in [1.54, 1.807) is 0 Å². The fraction of sp³-hybridized carbons (Fsp3) is 0.333. The topological polar surface area (TPSA) is 32.3 Å². The maximum atomic E-state index is 10.2. The number of nitrogens with one attached hydrogen (secondary N) is 1. The Morgan fingerprint density at radius 1 is 1.05 bits per heavy atom. The Balaban J connectivity index is 1.85. The van der Waals surface area contributed by atoms with Gasteiger partial charge in [-0.2, -0.15) is 0 Å². The van der Waals surface area contributed by atoms with Gasteiger partial charge in [0.05, 0.1) is 6.10 Å². The lowest BCUT2D eigenvalue weighted by atomic mass is 10.00. The monoisotopic (exact) mass is 347 g/mol. The van der Waals surface area contributed by atoms with Crippen LogP contribution in [0.2, 0.25) is 0 Å². The molecule has 0 bridgehead atoms. The molecule has 0 spiro atoms. The zero-order valence-electron chi connectivity index (χ0n) is 12.5. The van der Waals surface area contributed by atoms with Crippen LogP contribution < -0.4 is 5.32 Å². The van der Waals surface area contributed by atoms with E-state index >= 15 is 0 Å². The summed E-state index contributed by atoms with van der Waals surface area (Å²) in [5.74, 6) is 0.519. The molecule has 0 saturated carbocycles. The van der Waals surface area contributed by atoms with Crippen molar-refractivity contribution in [3.63, 3.8) is 0 Å². The molecule has 21 heavy (non-hydrogen) atoms. The number of halogens is 1. The lowest BCUT2D eigenvalue weighted by molar-refractivity contribution is 0.174. The van der Waals surface area contributed by atoms with Crippen LogP contribution in [0.4, 0.5) is 0 Å². The van der Waals surface area contributed by atoms with E-state index in [0.717, 1.165) is 16.6 Å². The summed E-state index contributed by atoms with van der Waals surface area (Å²) >= 11 is 3.46. The van der Waals surface area contributed by atoms with Crippen molar-refractivity contribution in [2.75, 3.05) is 6.54 Å². The van der Waals surface area contributed by atoms with Gasteiger partial charge in [-0.25, -0.2) is 0 Å². The molecule has 0 fully saturated rings. The van der Waals surface area contributed by atoms with Crippen molar-refractivity contribution in [2.45, 2.75) is 32.4 Å². The van der Waals surface area contributed by atoms with Crippen LogP contribution in [0, 0.1) is 0 Å². The molecule has 2 N–H and O–H groups in total. The molecule has 0 aromatic heterocycles. The molecule has 0 aliphatic rings. The van der Waals surface area contributed by atoms with Crippen LogP contribution in [0.5, 0.6) is 0 Å². The normalized spacial score (nSPS) is 12.6. The number of hydrogen-bond donors (Lipinski definition) is 2. The van der Waals surface area contributed by atoms with Gasteiger partial charge in [0, 0.05) is 17.6 Å². The fourth-order valence-electron chi connectivity index (χ4n) is 2.22. The third-order valence-electron chi connectivity index (χ3n) is 3.54. The minimum absolute atomic E-state index is 0.474. The standard InChI is InChI=1S/C18H22BrNO/c1-13(2)15-6-8-16(9-7-15)18(21)12-20-11-14-4-3-5-17(19)10-14/h3-10,13,18,20-21H,11-12H2,1-2H3. The molecule has 2 aromatic carbocycles. The third-order valence-corrected chi connectivity index (χ3v) is 4.04. The van der Waals surface area contributed by atoms with Gasteiger partial charge in [0.1, 0.15) is 0 Å². The van der Waals surface area contributed by atoms with Gasteiger partial charge in [-0.05, 0) is 34.7 Å². The van der Waals surface area contributed by atoms with Crippen molar-refractivity contribution in [3.05, 3.63) is 69.7 Å². The van der Waals surface area contributed by atoms with Gasteiger partial charge in [-0.3, -0.25) is 0 Å². The minimum atomic E-state index is -0.474. The molecular weight excluding hydrogens is 326 g/mol. The zero-order valence-corrected chi connectivity index (χ0v) is 14.1. The lowest BCUT2D eigenvalue weighted by Gasteiger charge is -2.14. The van der Waals surface area contributed by atoms with Gasteiger partial charge in [0.25, 0.3) is 0 Å². The highest BCUT2D eigenvalue weighted by Crippen LogP contribution is 2.18. The summed E-state index contributed by atoms with van der Waals surface area (Å²) in [7, 11) is 0. The average Bonchev–Trinajstić information content (AvgIpc) is 2.47. The van der Waals surface area contributed by atoms with E-state index < -0.39 is 6.10 Å². The van der Waals surface area contributed by atoms with Crippen LogP contribution in [0.3, 0.4) is 0 Å². The molecule has 0 aliphatic heterocycles. The maximum absolute atomic E-state index is 10.2. The Bertz CT molecular complexity index is 566. The summed E-state index contributed by atoms with van der Waals surface area (Å²) in [4.78, 5) is 0. The molecule has 0 amide bonds. The fourth-order valence-corrected chi connectivity index (χ4v) is 2.67. The Morgan fingerprint density at radius 2 is 1.71 bits per heavy atom. The molecule has 112 valence electrons. The van der Waals surface area contributed by atoms with Gasteiger partial charge in [0.15, 0.2) is 0 Å². The van der Waals surface area contributed by atoms with Crippen LogP contribution >= 0.6 is 15.9 Å². The first-order chi connectivity index (χ1) is 10.1. The van der Waals surface area contributed by atoms with Crippen molar-refractivity contribution in [2.24, 2.45) is 0 Å². The molecule has 2 rings (SSSR count). The average molecular weight is 348 g/mol. The Hall–Kier alpha value is -1.16. The largest absolute Gasteiger partial charge is 0.387 e. The van der Waals surface area contributed by atoms with Gasteiger partial charge < -0.3 is 10.4 Å². The second kappa shape index (κ2) is 7.74. The lowest BCUT2D eigenvalue weighted by Crippen LogP contribution is -2.21. The first-order valence-electron chi connectivity index (χ1n) is 7.29. The zero-order chi connectivity index (χ0) is 15.2. The molecule has 0 heterocycles. The first kappa shape index (κ1) is 16.2. The predicted molar refractivity (Wildman–Crippen MR) is 91.3 cm³/mol. The summed E-state index contributed by atoms with van der Waals surface area (Å²) in [6.45, 7) is 5.64. The van der Waals surface area contributed by atoms with E-state index in [4.69, 9.17) is 0 Å². The third kappa shape index (κ3) is 4.95. The second-order valence-electron chi connectivity index (χ2n) is 5.60. The van der Waals surface area contributed by atoms with E-state index in [9.17, 15) is 5.11 Å². The van der Waals surface area contributed by atoms with Crippen molar-refractivity contribution in [1.82, 2.24) is 5.32 Å². The quantitative estimate of drug-likeness (QED) is 0.811.